The predicted molar refractivity (Wildman–Crippen MR) is 155 cm³/mol. The second-order valence-corrected chi connectivity index (χ2v) is 11.6. The second-order valence-electron chi connectivity index (χ2n) is 9.87. The van der Waals surface area contributed by atoms with Crippen molar-refractivity contribution in [1.29, 1.82) is 0 Å². The van der Waals surface area contributed by atoms with Gasteiger partial charge in [-0.25, -0.2) is 24.9 Å². The Labute approximate surface area is 240 Å². The second kappa shape index (κ2) is 12.8. The summed E-state index contributed by atoms with van der Waals surface area (Å²) < 4.78 is 19.3. The lowest BCUT2D eigenvalue weighted by Gasteiger charge is -2.18. The molecule has 0 saturated heterocycles. The molecule has 1 unspecified atom stereocenters. The summed E-state index contributed by atoms with van der Waals surface area (Å²) in [7, 11) is 1.51. The highest BCUT2D eigenvalue weighted by Crippen LogP contribution is 2.45. The van der Waals surface area contributed by atoms with Gasteiger partial charge in [0.05, 0.1) is 46.9 Å². The molecule has 2 N–H and O–H groups in total. The van der Waals surface area contributed by atoms with E-state index in [-0.39, 0.29) is 17.4 Å². The quantitative estimate of drug-likeness (QED) is 0.300. The Bertz CT molecular complexity index is 1600. The predicted octanol–water partition coefficient (Wildman–Crippen LogP) is 3.39. The Morgan fingerprint density at radius 2 is 1.83 bits per heavy atom. The Morgan fingerprint density at radius 3 is 2.49 bits per heavy atom. The van der Waals surface area contributed by atoms with Crippen LogP contribution in [0.1, 0.15) is 68.8 Å². The molecule has 0 radical (unpaired) electrons. The summed E-state index contributed by atoms with van der Waals surface area (Å²) in [5, 5.41) is 10.2. The van der Waals surface area contributed by atoms with E-state index in [1.165, 1.54) is 6.33 Å². The van der Waals surface area contributed by atoms with Crippen LogP contribution in [0.4, 0.5) is 5.82 Å². The van der Waals surface area contributed by atoms with Gasteiger partial charge in [0.25, 0.3) is 5.56 Å². The summed E-state index contributed by atoms with van der Waals surface area (Å²) in [5.41, 5.74) is 3.08. The average molecular weight is 579 g/mol. The smallest absolute Gasteiger partial charge is 0.295 e. The molecule has 12 nitrogen and oxygen atoms in total. The highest BCUT2D eigenvalue weighted by molar-refractivity contribution is 7.85. The minimum atomic E-state index is -1.06. The number of fused-ring (bicyclic) bond motifs is 1. The number of nitrogens with zero attached hydrogens (tertiary/aromatic N) is 7. The number of hydrogen-bond acceptors (Lipinski definition) is 11. The lowest BCUT2D eigenvalue weighted by atomic mass is 10.1. The van der Waals surface area contributed by atoms with E-state index in [9.17, 15) is 9.00 Å². The van der Waals surface area contributed by atoms with Crippen molar-refractivity contribution in [1.82, 2.24) is 34.5 Å². The molecule has 2 aliphatic carbocycles. The molecule has 0 aliphatic heterocycles. The fraction of sp³-hybridized carbons (Fsp3) is 0.464. The van der Waals surface area contributed by atoms with Crippen LogP contribution in [0.3, 0.4) is 0 Å². The van der Waals surface area contributed by atoms with Gasteiger partial charge in [-0.3, -0.25) is 18.6 Å². The highest BCUT2D eigenvalue weighted by atomic mass is 32.2. The first-order valence-electron chi connectivity index (χ1n) is 13.8. The Morgan fingerprint density at radius 1 is 1.05 bits per heavy atom. The number of nitrogens with one attached hydrogen (secondary N) is 1. The number of rotatable bonds is 9. The van der Waals surface area contributed by atoms with Crippen LogP contribution in [0, 0.1) is 0 Å². The molecular weight excluding hydrogens is 544 g/mol. The van der Waals surface area contributed by atoms with E-state index in [1.807, 2.05) is 13.0 Å². The number of ether oxygens (including phenoxy) is 1. The molecule has 0 aromatic carbocycles. The molecule has 4 heterocycles. The molecule has 0 amide bonds. The van der Waals surface area contributed by atoms with E-state index in [2.05, 4.69) is 30.2 Å². The van der Waals surface area contributed by atoms with Crippen molar-refractivity contribution in [3.63, 3.8) is 0 Å². The molecule has 4 aromatic rings. The maximum absolute atomic E-state index is 13.8. The van der Waals surface area contributed by atoms with E-state index >= 15 is 0 Å². The van der Waals surface area contributed by atoms with E-state index in [4.69, 9.17) is 14.8 Å². The van der Waals surface area contributed by atoms with Crippen LogP contribution in [-0.4, -0.2) is 63.8 Å². The van der Waals surface area contributed by atoms with Gasteiger partial charge >= 0.3 is 0 Å². The lowest BCUT2D eigenvalue weighted by Crippen LogP contribution is -2.28. The molecule has 13 heteroatoms. The van der Waals surface area contributed by atoms with Crippen LogP contribution in [0.15, 0.2) is 40.5 Å². The van der Waals surface area contributed by atoms with Crippen molar-refractivity contribution in [2.45, 2.75) is 68.8 Å². The van der Waals surface area contributed by atoms with Gasteiger partial charge in [0.1, 0.15) is 17.4 Å². The fourth-order valence-corrected chi connectivity index (χ4v) is 5.87. The maximum atomic E-state index is 13.8. The summed E-state index contributed by atoms with van der Waals surface area (Å²) in [5.74, 6) is 1.96. The summed E-state index contributed by atoms with van der Waals surface area (Å²) in [6.45, 7) is 2.18. The van der Waals surface area contributed by atoms with E-state index in [1.54, 1.807) is 30.1 Å². The summed E-state index contributed by atoms with van der Waals surface area (Å²) in [4.78, 5) is 41.8. The van der Waals surface area contributed by atoms with Crippen molar-refractivity contribution in [2.75, 3.05) is 25.3 Å². The van der Waals surface area contributed by atoms with Crippen molar-refractivity contribution in [3.05, 3.63) is 52.6 Å². The largest absolute Gasteiger partial charge is 0.480 e. The zero-order valence-corrected chi connectivity index (χ0v) is 24.2. The first-order valence-corrected chi connectivity index (χ1v) is 15.1. The first-order chi connectivity index (χ1) is 20.1. The van der Waals surface area contributed by atoms with Crippen LogP contribution in [0.5, 0.6) is 5.88 Å². The van der Waals surface area contributed by atoms with Gasteiger partial charge in [-0.1, -0.05) is 19.8 Å². The number of anilines is 1. The van der Waals surface area contributed by atoms with Crippen LogP contribution < -0.4 is 15.6 Å². The number of pyridine rings is 1. The molecule has 2 fully saturated rings. The Hall–Kier alpha value is -3.84. The van der Waals surface area contributed by atoms with Gasteiger partial charge in [0, 0.05) is 31.0 Å². The number of aliphatic hydroxyl groups excluding tert-OH is 1. The summed E-state index contributed by atoms with van der Waals surface area (Å²) >= 11 is 0. The van der Waals surface area contributed by atoms with Gasteiger partial charge in [-0.2, -0.15) is 0 Å². The molecule has 216 valence electrons. The Kier molecular flexibility index (Phi) is 8.93. The minimum absolute atomic E-state index is 0.0320. The SMILES string of the molecule is CCS(=O)c1ccc(CNc2nc3cnc(-c4c(OC)ncnc4C4CC4)nc3n(C3CCCC3)c2=O)nc1.CO. The number of hydrogen-bond donors (Lipinski definition) is 2. The summed E-state index contributed by atoms with van der Waals surface area (Å²) in [6, 6.07) is 3.65. The van der Waals surface area contributed by atoms with Crippen molar-refractivity contribution in [3.8, 4) is 17.3 Å². The molecule has 4 aromatic heterocycles. The van der Waals surface area contributed by atoms with Crippen molar-refractivity contribution >= 4 is 27.8 Å². The van der Waals surface area contributed by atoms with Crippen LogP contribution in [-0.2, 0) is 17.3 Å². The molecule has 6 rings (SSSR count). The van der Waals surface area contributed by atoms with Crippen molar-refractivity contribution < 1.29 is 14.1 Å². The lowest BCUT2D eigenvalue weighted by molar-refractivity contribution is 0.397. The zero-order chi connectivity index (χ0) is 28.9. The van der Waals surface area contributed by atoms with Gasteiger partial charge < -0.3 is 15.2 Å². The maximum Gasteiger partial charge on any atom is 0.295 e. The number of aromatic nitrogens is 7. The third kappa shape index (κ3) is 5.96. The van der Waals surface area contributed by atoms with Gasteiger partial charge in [-0.15, -0.1) is 0 Å². The number of aliphatic hydroxyl groups is 1. The van der Waals surface area contributed by atoms with E-state index < -0.39 is 10.8 Å². The molecule has 2 saturated carbocycles. The molecule has 0 bridgehead atoms. The third-order valence-electron chi connectivity index (χ3n) is 7.30. The topological polar surface area (TPSA) is 158 Å². The standard InChI is InChI=1S/C27H30N8O3S.CH4O/c1-3-39(37)19-11-10-17(28-13-19)12-29-24-27(36)35(18-6-4-5-7-18)25-20(33-24)14-30-23(34-25)21-22(16-8-9-16)31-15-32-26(21)38-2;1-2/h10-11,13-16,18H,3-9,12H2,1-2H3,(H,29,33);2H,1H3. The molecule has 0 spiro atoms. The van der Waals surface area contributed by atoms with Crippen LogP contribution >= 0.6 is 0 Å². The average Bonchev–Trinajstić information content (AvgIpc) is 3.74. The zero-order valence-electron chi connectivity index (χ0n) is 23.4. The minimum Gasteiger partial charge on any atom is -0.480 e. The first kappa shape index (κ1) is 28.7. The molecule has 1 atom stereocenters. The van der Waals surface area contributed by atoms with Crippen LogP contribution in [0.2, 0.25) is 0 Å². The molecular formula is C28H34N8O4S. The van der Waals surface area contributed by atoms with Gasteiger partial charge in [0.15, 0.2) is 17.3 Å². The normalized spacial score (nSPS) is 15.8. The molecule has 2 aliphatic rings. The number of methoxy groups -OCH3 is 1. The van der Waals surface area contributed by atoms with Gasteiger partial charge in [-0.05, 0) is 37.8 Å². The monoisotopic (exact) mass is 578 g/mol. The van der Waals surface area contributed by atoms with Crippen LogP contribution in [0.25, 0.3) is 22.6 Å². The highest BCUT2D eigenvalue weighted by Gasteiger charge is 2.32. The third-order valence-corrected chi connectivity index (χ3v) is 8.60. The molecule has 41 heavy (non-hydrogen) atoms. The fourth-order valence-electron chi connectivity index (χ4n) is 5.14. The Balaban J connectivity index is 0.00000165. The summed E-state index contributed by atoms with van der Waals surface area (Å²) in [6.07, 6.45) is 10.8. The van der Waals surface area contributed by atoms with E-state index in [0.29, 0.717) is 51.5 Å². The van der Waals surface area contributed by atoms with Crippen molar-refractivity contribution in [2.24, 2.45) is 0 Å². The van der Waals surface area contributed by atoms with Gasteiger partial charge in [0.2, 0.25) is 5.88 Å². The van der Waals surface area contributed by atoms with E-state index in [0.717, 1.165) is 57.0 Å².